The van der Waals surface area contributed by atoms with Crippen LogP contribution in [0.4, 0.5) is 0 Å². The van der Waals surface area contributed by atoms with Crippen LogP contribution in [0.1, 0.15) is 55.4 Å². The molecule has 0 bridgehead atoms. The highest BCUT2D eigenvalue weighted by atomic mass is 16.2. The van der Waals surface area contributed by atoms with Crippen LogP contribution in [0, 0.1) is 23.7 Å². The number of carbonyl (C=O) groups is 1. The number of rotatable bonds is 4. The number of amides is 1. The fourth-order valence-electron chi connectivity index (χ4n) is 2.02. The van der Waals surface area contributed by atoms with Crippen LogP contribution in [0.15, 0.2) is 0 Å². The van der Waals surface area contributed by atoms with Crippen LogP contribution < -0.4 is 5.32 Å². The normalized spacial score (nSPS) is 16.4. The van der Waals surface area contributed by atoms with Gasteiger partial charge >= 0.3 is 0 Å². The Kier molecular flexibility index (Phi) is 5.51. The second kappa shape index (κ2) is 5.70. The molecule has 0 radical (unpaired) electrons. The van der Waals surface area contributed by atoms with Gasteiger partial charge in [-0.15, -0.1) is 0 Å². The highest BCUT2D eigenvalue weighted by Crippen LogP contribution is 2.27. The maximum Gasteiger partial charge on any atom is 0.224 e. The van der Waals surface area contributed by atoms with E-state index in [1.54, 1.807) is 0 Å². The van der Waals surface area contributed by atoms with Crippen LogP contribution in [0.5, 0.6) is 0 Å². The van der Waals surface area contributed by atoms with Crippen molar-refractivity contribution in [1.82, 2.24) is 5.32 Å². The van der Waals surface area contributed by atoms with Crippen molar-refractivity contribution in [1.29, 1.82) is 0 Å². The third kappa shape index (κ3) is 5.00. The molecular formula is C14H29NO. The third-order valence-corrected chi connectivity index (χ3v) is 3.14. The smallest absolute Gasteiger partial charge is 0.224 e. The Labute approximate surface area is 101 Å². The van der Waals surface area contributed by atoms with Gasteiger partial charge in [0.15, 0.2) is 0 Å². The number of hydrogen-bond donors (Lipinski definition) is 1. The first-order chi connectivity index (χ1) is 7.06. The quantitative estimate of drug-likeness (QED) is 0.783. The second-order valence-corrected chi connectivity index (χ2v) is 6.61. The molecule has 2 nitrogen and oxygen atoms in total. The topological polar surface area (TPSA) is 29.1 Å². The molecule has 1 amide bonds. The van der Waals surface area contributed by atoms with Crippen LogP contribution in [0.2, 0.25) is 0 Å². The fourth-order valence-corrected chi connectivity index (χ4v) is 2.02. The molecule has 96 valence electrons. The van der Waals surface area contributed by atoms with Gasteiger partial charge in [0.1, 0.15) is 0 Å². The lowest BCUT2D eigenvalue weighted by atomic mass is 9.77. The molecule has 1 unspecified atom stereocenters. The summed E-state index contributed by atoms with van der Waals surface area (Å²) in [5, 5.41) is 3.10. The van der Waals surface area contributed by atoms with Crippen molar-refractivity contribution >= 4 is 5.91 Å². The summed E-state index contributed by atoms with van der Waals surface area (Å²) in [7, 11) is 0. The molecule has 2 heteroatoms. The molecule has 1 N–H and O–H groups in total. The molecule has 0 aromatic rings. The van der Waals surface area contributed by atoms with Crippen LogP contribution in [-0.4, -0.2) is 11.4 Å². The molecule has 16 heavy (non-hydrogen) atoms. The SMILES string of the molecule is CC(C)C(C(=O)NC(C)(C)C)[C@@H](C)C(C)C. The molecule has 0 saturated heterocycles. The first-order valence-electron chi connectivity index (χ1n) is 6.38. The molecule has 0 aliphatic rings. The lowest BCUT2D eigenvalue weighted by Crippen LogP contribution is -2.47. The van der Waals surface area contributed by atoms with Crippen molar-refractivity contribution in [3.63, 3.8) is 0 Å². The monoisotopic (exact) mass is 227 g/mol. The van der Waals surface area contributed by atoms with Crippen LogP contribution in [-0.2, 0) is 4.79 Å². The summed E-state index contributed by atoms with van der Waals surface area (Å²) in [6.45, 7) is 16.9. The highest BCUT2D eigenvalue weighted by Gasteiger charge is 2.31. The van der Waals surface area contributed by atoms with Crippen molar-refractivity contribution in [3.8, 4) is 0 Å². The van der Waals surface area contributed by atoms with E-state index in [9.17, 15) is 4.79 Å². The summed E-state index contributed by atoms with van der Waals surface area (Å²) >= 11 is 0. The van der Waals surface area contributed by atoms with Gasteiger partial charge in [0.05, 0.1) is 0 Å². The molecule has 0 spiro atoms. The van der Waals surface area contributed by atoms with E-state index < -0.39 is 0 Å². The van der Waals surface area contributed by atoms with E-state index in [1.807, 2.05) is 20.8 Å². The van der Waals surface area contributed by atoms with Gasteiger partial charge in [0.2, 0.25) is 5.91 Å². The Morgan fingerprint density at radius 2 is 1.38 bits per heavy atom. The summed E-state index contributed by atoms with van der Waals surface area (Å²) in [5.74, 6) is 1.66. The second-order valence-electron chi connectivity index (χ2n) is 6.61. The van der Waals surface area contributed by atoms with Crippen LogP contribution in [0.3, 0.4) is 0 Å². The van der Waals surface area contributed by atoms with E-state index in [0.717, 1.165) is 0 Å². The lowest BCUT2D eigenvalue weighted by Gasteiger charge is -2.32. The van der Waals surface area contributed by atoms with E-state index in [0.29, 0.717) is 17.8 Å². The van der Waals surface area contributed by atoms with Crippen molar-refractivity contribution in [2.24, 2.45) is 23.7 Å². The Hall–Kier alpha value is -0.530. The standard InChI is InChI=1S/C14H29NO/c1-9(2)11(5)12(10(3)4)13(16)15-14(6,7)8/h9-12H,1-8H3,(H,15,16)/t11-,12?/m0/s1. The molecule has 0 fully saturated rings. The number of nitrogens with one attached hydrogen (secondary N) is 1. The van der Waals surface area contributed by atoms with Gasteiger partial charge in [-0.3, -0.25) is 4.79 Å². The minimum atomic E-state index is -0.138. The maximum absolute atomic E-state index is 12.2. The lowest BCUT2D eigenvalue weighted by molar-refractivity contribution is -0.130. The van der Waals surface area contributed by atoms with Crippen molar-refractivity contribution < 1.29 is 4.79 Å². The van der Waals surface area contributed by atoms with Crippen LogP contribution >= 0.6 is 0 Å². The molecule has 0 heterocycles. The first kappa shape index (κ1) is 15.5. The van der Waals surface area contributed by atoms with E-state index in [1.165, 1.54) is 0 Å². The van der Waals surface area contributed by atoms with Gasteiger partial charge in [-0.2, -0.15) is 0 Å². The average molecular weight is 227 g/mol. The number of hydrogen-bond acceptors (Lipinski definition) is 1. The van der Waals surface area contributed by atoms with Crippen molar-refractivity contribution in [3.05, 3.63) is 0 Å². The van der Waals surface area contributed by atoms with E-state index >= 15 is 0 Å². The molecule has 0 aromatic carbocycles. The highest BCUT2D eigenvalue weighted by molar-refractivity contribution is 5.79. The van der Waals surface area contributed by atoms with E-state index in [2.05, 4.69) is 39.9 Å². The minimum absolute atomic E-state index is 0.110. The average Bonchev–Trinajstić information content (AvgIpc) is 1.99. The minimum Gasteiger partial charge on any atom is -0.351 e. The Bertz CT molecular complexity index is 225. The van der Waals surface area contributed by atoms with E-state index in [4.69, 9.17) is 0 Å². The van der Waals surface area contributed by atoms with Gasteiger partial charge in [0, 0.05) is 11.5 Å². The molecule has 0 saturated carbocycles. The molecular weight excluding hydrogens is 198 g/mol. The third-order valence-electron chi connectivity index (χ3n) is 3.14. The number of carbonyl (C=O) groups excluding carboxylic acids is 1. The summed E-state index contributed by atoms with van der Waals surface area (Å²) in [4.78, 5) is 12.2. The predicted octanol–water partition coefficient (Wildman–Crippen LogP) is 3.47. The zero-order valence-electron chi connectivity index (χ0n) is 12.2. The van der Waals surface area contributed by atoms with Gasteiger partial charge in [0.25, 0.3) is 0 Å². The van der Waals surface area contributed by atoms with Crippen molar-refractivity contribution in [2.75, 3.05) is 0 Å². The summed E-state index contributed by atoms with van der Waals surface area (Å²) in [5.41, 5.74) is -0.138. The Morgan fingerprint density at radius 3 is 1.62 bits per heavy atom. The largest absolute Gasteiger partial charge is 0.351 e. The first-order valence-corrected chi connectivity index (χ1v) is 6.38. The summed E-state index contributed by atoms with van der Waals surface area (Å²) in [6, 6.07) is 0. The summed E-state index contributed by atoms with van der Waals surface area (Å²) in [6.07, 6.45) is 0. The van der Waals surface area contributed by atoms with E-state index in [-0.39, 0.29) is 17.4 Å². The summed E-state index contributed by atoms with van der Waals surface area (Å²) < 4.78 is 0. The van der Waals surface area contributed by atoms with Gasteiger partial charge in [-0.05, 0) is 38.5 Å². The zero-order chi connectivity index (χ0) is 13.1. The molecule has 0 rings (SSSR count). The molecule has 0 aromatic heterocycles. The van der Waals surface area contributed by atoms with Gasteiger partial charge in [-0.1, -0.05) is 34.6 Å². The van der Waals surface area contributed by atoms with Gasteiger partial charge < -0.3 is 5.32 Å². The van der Waals surface area contributed by atoms with Crippen LogP contribution in [0.25, 0.3) is 0 Å². The predicted molar refractivity (Wildman–Crippen MR) is 70.2 cm³/mol. The Morgan fingerprint density at radius 1 is 0.938 bits per heavy atom. The fraction of sp³-hybridized carbons (Fsp3) is 0.929. The maximum atomic E-state index is 12.2. The zero-order valence-corrected chi connectivity index (χ0v) is 12.2. The molecule has 0 aliphatic heterocycles. The van der Waals surface area contributed by atoms with Gasteiger partial charge in [-0.25, -0.2) is 0 Å². The van der Waals surface area contributed by atoms with Crippen molar-refractivity contribution in [2.45, 2.75) is 60.9 Å². The Balaban J connectivity index is 4.74. The molecule has 0 aliphatic carbocycles. The molecule has 2 atom stereocenters.